The second kappa shape index (κ2) is 6.02. The molecule has 1 aliphatic carbocycles. The molecule has 1 aliphatic rings. The zero-order valence-electron chi connectivity index (χ0n) is 9.47. The van der Waals surface area contributed by atoms with E-state index in [4.69, 9.17) is 0 Å². The van der Waals surface area contributed by atoms with Crippen molar-refractivity contribution < 1.29 is 5.11 Å². The molecule has 0 aromatic carbocycles. The van der Waals surface area contributed by atoms with Gasteiger partial charge in [-0.15, -0.1) is 0 Å². The number of hydrogen-bond acceptors (Lipinski definition) is 1. The number of aliphatic hydroxyl groups excluding tert-OH is 1. The van der Waals surface area contributed by atoms with Crippen molar-refractivity contribution in [3.8, 4) is 0 Å². The molecule has 0 amide bonds. The molecule has 1 nitrogen and oxygen atoms in total. The molecular formula is C13H22O. The Morgan fingerprint density at radius 3 is 2.57 bits per heavy atom. The predicted octanol–water partition coefficient (Wildman–Crippen LogP) is 3.60. The topological polar surface area (TPSA) is 20.2 Å². The number of hydrogen-bond donors (Lipinski definition) is 1. The van der Waals surface area contributed by atoms with Crippen LogP contribution >= 0.6 is 0 Å². The Hall–Kier alpha value is -0.560. The zero-order valence-corrected chi connectivity index (χ0v) is 9.47. The summed E-state index contributed by atoms with van der Waals surface area (Å²) in [5.41, 5.74) is 4.08. The Labute approximate surface area is 87.5 Å². The molecule has 0 saturated carbocycles. The fraction of sp³-hybridized carbons (Fsp3) is 0.692. The Bertz CT molecular complexity index is 236. The van der Waals surface area contributed by atoms with Crippen LogP contribution in [0.15, 0.2) is 22.8 Å². The van der Waals surface area contributed by atoms with E-state index >= 15 is 0 Å². The number of aliphatic hydroxyl groups is 1. The summed E-state index contributed by atoms with van der Waals surface area (Å²) in [4.78, 5) is 0. The Morgan fingerprint density at radius 1 is 1.21 bits per heavy atom. The average Bonchev–Trinajstić information content (AvgIpc) is 2.18. The first-order valence-electron chi connectivity index (χ1n) is 5.84. The minimum absolute atomic E-state index is 0.225. The van der Waals surface area contributed by atoms with Crippen LogP contribution in [0.3, 0.4) is 0 Å². The van der Waals surface area contributed by atoms with Crippen LogP contribution in [0.25, 0.3) is 0 Å². The number of rotatable bonds is 3. The molecule has 0 fully saturated rings. The third-order valence-corrected chi connectivity index (χ3v) is 3.10. The van der Waals surface area contributed by atoms with Gasteiger partial charge in [0.15, 0.2) is 0 Å². The van der Waals surface area contributed by atoms with Crippen LogP contribution < -0.4 is 0 Å². The molecule has 1 heteroatoms. The van der Waals surface area contributed by atoms with Crippen molar-refractivity contribution in [3.05, 3.63) is 22.8 Å². The fourth-order valence-corrected chi connectivity index (χ4v) is 2.22. The lowest BCUT2D eigenvalue weighted by molar-refractivity contribution is 0.330. The Kier molecular flexibility index (Phi) is 4.95. The SMILES string of the molecule is CCC1=CCCCCC(CC)=C1CO. The molecule has 0 atom stereocenters. The Balaban J connectivity index is 2.97. The summed E-state index contributed by atoms with van der Waals surface area (Å²) in [6.07, 6.45) is 9.41. The van der Waals surface area contributed by atoms with Crippen molar-refractivity contribution in [3.63, 3.8) is 0 Å². The van der Waals surface area contributed by atoms with Gasteiger partial charge in [0.05, 0.1) is 6.61 Å². The van der Waals surface area contributed by atoms with E-state index in [0.29, 0.717) is 0 Å². The molecule has 0 aromatic rings. The van der Waals surface area contributed by atoms with Gasteiger partial charge in [0.25, 0.3) is 0 Å². The van der Waals surface area contributed by atoms with Crippen molar-refractivity contribution in [2.24, 2.45) is 0 Å². The zero-order chi connectivity index (χ0) is 10.4. The van der Waals surface area contributed by atoms with Crippen molar-refractivity contribution in [1.29, 1.82) is 0 Å². The second-order valence-corrected chi connectivity index (χ2v) is 3.92. The highest BCUT2D eigenvalue weighted by molar-refractivity contribution is 5.36. The molecule has 0 saturated heterocycles. The summed E-state index contributed by atoms with van der Waals surface area (Å²) < 4.78 is 0. The van der Waals surface area contributed by atoms with Gasteiger partial charge >= 0.3 is 0 Å². The molecule has 1 rings (SSSR count). The third kappa shape index (κ3) is 2.71. The van der Waals surface area contributed by atoms with E-state index in [-0.39, 0.29) is 6.61 Å². The van der Waals surface area contributed by atoms with Gasteiger partial charge in [0.1, 0.15) is 0 Å². The maximum absolute atomic E-state index is 9.41. The van der Waals surface area contributed by atoms with Crippen LogP contribution in [0.1, 0.15) is 52.4 Å². The molecule has 0 radical (unpaired) electrons. The summed E-state index contributed by atoms with van der Waals surface area (Å²) in [5.74, 6) is 0. The van der Waals surface area contributed by atoms with Crippen molar-refractivity contribution in [1.82, 2.24) is 0 Å². The van der Waals surface area contributed by atoms with Crippen LogP contribution in [0, 0.1) is 0 Å². The molecule has 1 N–H and O–H groups in total. The summed E-state index contributed by atoms with van der Waals surface area (Å²) in [5, 5.41) is 9.41. The largest absolute Gasteiger partial charge is 0.392 e. The smallest absolute Gasteiger partial charge is 0.0683 e. The van der Waals surface area contributed by atoms with Gasteiger partial charge in [-0.1, -0.05) is 25.5 Å². The lowest BCUT2D eigenvalue weighted by atomic mass is 9.90. The lowest BCUT2D eigenvalue weighted by Crippen LogP contribution is -2.03. The minimum atomic E-state index is 0.225. The first kappa shape index (κ1) is 11.5. The van der Waals surface area contributed by atoms with Gasteiger partial charge in [-0.25, -0.2) is 0 Å². The maximum Gasteiger partial charge on any atom is 0.0683 e. The Morgan fingerprint density at radius 2 is 2.00 bits per heavy atom. The summed E-state index contributed by atoms with van der Waals surface area (Å²) in [6.45, 7) is 4.60. The predicted molar refractivity (Wildman–Crippen MR) is 61.2 cm³/mol. The second-order valence-electron chi connectivity index (χ2n) is 3.92. The molecule has 80 valence electrons. The molecule has 0 aliphatic heterocycles. The van der Waals surface area contributed by atoms with Crippen LogP contribution in [-0.2, 0) is 0 Å². The highest BCUT2D eigenvalue weighted by Crippen LogP contribution is 2.27. The van der Waals surface area contributed by atoms with Gasteiger partial charge in [0, 0.05) is 0 Å². The molecule has 0 heterocycles. The van der Waals surface area contributed by atoms with E-state index in [9.17, 15) is 5.11 Å². The molecule has 0 aromatic heterocycles. The first-order valence-corrected chi connectivity index (χ1v) is 5.84. The van der Waals surface area contributed by atoms with Crippen molar-refractivity contribution >= 4 is 0 Å². The monoisotopic (exact) mass is 194 g/mol. The molecule has 0 spiro atoms. The summed E-state index contributed by atoms with van der Waals surface area (Å²) in [7, 11) is 0. The van der Waals surface area contributed by atoms with E-state index in [2.05, 4.69) is 19.9 Å². The van der Waals surface area contributed by atoms with Gasteiger partial charge in [-0.2, -0.15) is 0 Å². The lowest BCUT2D eigenvalue weighted by Gasteiger charge is -2.17. The van der Waals surface area contributed by atoms with Gasteiger partial charge in [0.2, 0.25) is 0 Å². The molecular weight excluding hydrogens is 172 g/mol. The van der Waals surface area contributed by atoms with Crippen LogP contribution in [0.2, 0.25) is 0 Å². The normalized spacial score (nSPS) is 18.9. The van der Waals surface area contributed by atoms with Crippen molar-refractivity contribution in [2.75, 3.05) is 6.61 Å². The first-order chi connectivity index (χ1) is 6.83. The molecule has 0 unspecified atom stereocenters. The van der Waals surface area contributed by atoms with E-state index < -0.39 is 0 Å². The summed E-state index contributed by atoms with van der Waals surface area (Å²) >= 11 is 0. The van der Waals surface area contributed by atoms with E-state index in [1.165, 1.54) is 42.4 Å². The summed E-state index contributed by atoms with van der Waals surface area (Å²) in [6, 6.07) is 0. The van der Waals surface area contributed by atoms with E-state index in [0.717, 1.165) is 12.8 Å². The van der Waals surface area contributed by atoms with Crippen LogP contribution in [-0.4, -0.2) is 11.7 Å². The quantitative estimate of drug-likeness (QED) is 0.728. The van der Waals surface area contributed by atoms with Crippen LogP contribution in [0.4, 0.5) is 0 Å². The molecule has 14 heavy (non-hydrogen) atoms. The van der Waals surface area contributed by atoms with E-state index in [1.54, 1.807) is 0 Å². The fourth-order valence-electron chi connectivity index (χ4n) is 2.22. The number of allylic oxidation sites excluding steroid dienone is 2. The highest BCUT2D eigenvalue weighted by Gasteiger charge is 2.10. The van der Waals surface area contributed by atoms with E-state index in [1.807, 2.05) is 0 Å². The van der Waals surface area contributed by atoms with Gasteiger partial charge < -0.3 is 5.11 Å². The van der Waals surface area contributed by atoms with Crippen molar-refractivity contribution in [2.45, 2.75) is 52.4 Å². The highest BCUT2D eigenvalue weighted by atomic mass is 16.3. The standard InChI is InChI=1S/C13H22O/c1-3-11-8-6-5-7-9-12(4-2)13(11)10-14/h8,14H,3-7,9-10H2,1-2H3. The third-order valence-electron chi connectivity index (χ3n) is 3.10. The average molecular weight is 194 g/mol. The minimum Gasteiger partial charge on any atom is -0.392 e. The maximum atomic E-state index is 9.41. The molecule has 0 bridgehead atoms. The van der Waals surface area contributed by atoms with Gasteiger partial charge in [-0.3, -0.25) is 0 Å². The van der Waals surface area contributed by atoms with Crippen LogP contribution in [0.5, 0.6) is 0 Å². The van der Waals surface area contributed by atoms with Gasteiger partial charge in [-0.05, 0) is 49.7 Å².